The average Bonchev–Trinajstić information content (AvgIpc) is 2.98. The third kappa shape index (κ3) is 3.85. The lowest BCUT2D eigenvalue weighted by Gasteiger charge is -2.11. The zero-order valence-corrected chi connectivity index (χ0v) is 12.0. The molecule has 0 atom stereocenters. The van der Waals surface area contributed by atoms with Gasteiger partial charge in [-0.15, -0.1) is 0 Å². The Kier molecular flexibility index (Phi) is 4.62. The molecule has 0 bridgehead atoms. The van der Waals surface area contributed by atoms with Crippen LogP contribution in [0.2, 0.25) is 0 Å². The Morgan fingerprint density at radius 2 is 2.37 bits per heavy atom. The van der Waals surface area contributed by atoms with E-state index >= 15 is 0 Å². The first kappa shape index (κ1) is 13.7. The van der Waals surface area contributed by atoms with Gasteiger partial charge in [-0.2, -0.15) is 9.47 Å². The number of nitrogens with two attached hydrogens (primary N) is 1. The molecular weight excluding hydrogens is 262 g/mol. The number of nitrogens with zero attached hydrogens (tertiary/aromatic N) is 3. The van der Waals surface area contributed by atoms with Crippen LogP contribution in [0.25, 0.3) is 0 Å². The van der Waals surface area contributed by atoms with Gasteiger partial charge in [-0.05, 0) is 37.9 Å². The lowest BCUT2D eigenvalue weighted by atomic mass is 10.4. The normalized spacial score (nSPS) is 10.9. The summed E-state index contributed by atoms with van der Waals surface area (Å²) in [6.45, 7) is 5.65. The molecule has 0 spiro atoms. The van der Waals surface area contributed by atoms with Crippen molar-refractivity contribution in [1.29, 1.82) is 0 Å². The van der Waals surface area contributed by atoms with Gasteiger partial charge in [0.2, 0.25) is 0 Å². The van der Waals surface area contributed by atoms with Gasteiger partial charge in [0.25, 0.3) is 0 Å². The average molecular weight is 281 g/mol. The highest BCUT2D eigenvalue weighted by molar-refractivity contribution is 7.11. The summed E-state index contributed by atoms with van der Waals surface area (Å²) >= 11 is 1.33. The number of nitrogen functional groups attached to an aromatic ring is 1. The van der Waals surface area contributed by atoms with Crippen LogP contribution in [0.1, 0.15) is 20.3 Å². The number of rotatable bonds is 7. The van der Waals surface area contributed by atoms with E-state index in [0.29, 0.717) is 11.6 Å². The zero-order chi connectivity index (χ0) is 13.7. The quantitative estimate of drug-likeness (QED) is 0.761. The second-order valence-corrected chi connectivity index (χ2v) is 5.22. The Morgan fingerprint density at radius 3 is 3.05 bits per heavy atom. The van der Waals surface area contributed by atoms with Crippen molar-refractivity contribution in [1.82, 2.24) is 14.2 Å². The van der Waals surface area contributed by atoms with Crippen molar-refractivity contribution >= 4 is 22.4 Å². The van der Waals surface area contributed by atoms with Crippen molar-refractivity contribution in [2.45, 2.75) is 32.9 Å². The maximum atomic E-state index is 5.79. The van der Waals surface area contributed by atoms with Gasteiger partial charge in [0.05, 0.1) is 6.10 Å². The molecule has 0 unspecified atom stereocenters. The summed E-state index contributed by atoms with van der Waals surface area (Å²) in [5, 5.41) is 8.36. The SMILES string of the molecule is CC(C)Oc1c(N)nsc1NCCCn1cccn1. The Balaban J connectivity index is 1.82. The molecule has 0 fully saturated rings. The van der Waals surface area contributed by atoms with Crippen LogP contribution in [0.4, 0.5) is 10.8 Å². The van der Waals surface area contributed by atoms with Gasteiger partial charge >= 0.3 is 0 Å². The number of aromatic nitrogens is 3. The molecule has 104 valence electrons. The van der Waals surface area contributed by atoms with Gasteiger partial charge < -0.3 is 15.8 Å². The van der Waals surface area contributed by atoms with E-state index in [9.17, 15) is 0 Å². The van der Waals surface area contributed by atoms with Gasteiger partial charge in [-0.3, -0.25) is 4.68 Å². The molecule has 0 saturated heterocycles. The molecule has 0 aromatic carbocycles. The highest BCUT2D eigenvalue weighted by Gasteiger charge is 2.13. The van der Waals surface area contributed by atoms with Crippen LogP contribution >= 0.6 is 11.5 Å². The summed E-state index contributed by atoms with van der Waals surface area (Å²) < 4.78 is 11.7. The Morgan fingerprint density at radius 1 is 1.53 bits per heavy atom. The van der Waals surface area contributed by atoms with Crippen LogP contribution < -0.4 is 15.8 Å². The zero-order valence-electron chi connectivity index (χ0n) is 11.2. The minimum Gasteiger partial charge on any atom is -0.484 e. The molecule has 3 N–H and O–H groups in total. The molecule has 2 aromatic heterocycles. The first-order chi connectivity index (χ1) is 9.16. The number of ether oxygens (including phenoxy) is 1. The standard InChI is InChI=1S/C12H19N5OS/c1-9(2)18-10-11(13)16-19-12(10)14-5-3-7-17-8-4-6-15-17/h4,6,8-9,14H,3,5,7H2,1-2H3,(H2,13,16). The fourth-order valence-electron chi connectivity index (χ4n) is 1.63. The summed E-state index contributed by atoms with van der Waals surface area (Å²) in [6.07, 6.45) is 4.80. The predicted octanol–water partition coefficient (Wildman–Crippen LogP) is 2.21. The molecule has 0 aliphatic rings. The van der Waals surface area contributed by atoms with Crippen LogP contribution in [0.15, 0.2) is 18.5 Å². The third-order valence-electron chi connectivity index (χ3n) is 2.44. The monoisotopic (exact) mass is 281 g/mol. The van der Waals surface area contributed by atoms with Gasteiger partial charge in [-0.1, -0.05) is 0 Å². The van der Waals surface area contributed by atoms with Crippen LogP contribution in [0, 0.1) is 0 Å². The number of aryl methyl sites for hydroxylation is 1. The summed E-state index contributed by atoms with van der Waals surface area (Å²) in [4.78, 5) is 0. The number of hydrogen-bond acceptors (Lipinski definition) is 6. The van der Waals surface area contributed by atoms with Crippen molar-refractivity contribution in [3.63, 3.8) is 0 Å². The van der Waals surface area contributed by atoms with E-state index < -0.39 is 0 Å². The van der Waals surface area contributed by atoms with E-state index in [0.717, 1.165) is 24.5 Å². The maximum Gasteiger partial charge on any atom is 0.197 e. The van der Waals surface area contributed by atoms with Crippen molar-refractivity contribution in [2.75, 3.05) is 17.6 Å². The van der Waals surface area contributed by atoms with Gasteiger partial charge in [0.1, 0.15) is 0 Å². The van der Waals surface area contributed by atoms with E-state index in [1.54, 1.807) is 6.20 Å². The highest BCUT2D eigenvalue weighted by Crippen LogP contribution is 2.35. The van der Waals surface area contributed by atoms with Gasteiger partial charge in [-0.25, -0.2) is 0 Å². The van der Waals surface area contributed by atoms with Crippen LogP contribution in [-0.4, -0.2) is 26.8 Å². The topological polar surface area (TPSA) is 78.0 Å². The van der Waals surface area contributed by atoms with Crippen LogP contribution in [0.5, 0.6) is 5.75 Å². The van der Waals surface area contributed by atoms with E-state index in [4.69, 9.17) is 10.5 Å². The molecule has 0 amide bonds. The Hall–Kier alpha value is -1.76. The minimum atomic E-state index is 0.0864. The van der Waals surface area contributed by atoms with Crippen molar-refractivity contribution in [3.05, 3.63) is 18.5 Å². The molecule has 0 aliphatic heterocycles. The smallest absolute Gasteiger partial charge is 0.197 e. The second kappa shape index (κ2) is 6.42. The first-order valence-electron chi connectivity index (χ1n) is 6.30. The minimum absolute atomic E-state index is 0.0864. The molecule has 0 radical (unpaired) electrons. The van der Waals surface area contributed by atoms with Gasteiger partial charge in [0.15, 0.2) is 16.6 Å². The first-order valence-corrected chi connectivity index (χ1v) is 7.07. The Bertz CT molecular complexity index is 494. The molecule has 7 heteroatoms. The van der Waals surface area contributed by atoms with Crippen molar-refractivity contribution in [2.24, 2.45) is 0 Å². The predicted molar refractivity (Wildman–Crippen MR) is 77.6 cm³/mol. The van der Waals surface area contributed by atoms with E-state index in [1.165, 1.54) is 11.5 Å². The van der Waals surface area contributed by atoms with Crippen molar-refractivity contribution in [3.8, 4) is 5.75 Å². The molecule has 0 aliphatic carbocycles. The molecular formula is C12H19N5OS. The molecule has 2 heterocycles. The molecule has 6 nitrogen and oxygen atoms in total. The van der Waals surface area contributed by atoms with Crippen LogP contribution in [-0.2, 0) is 6.54 Å². The van der Waals surface area contributed by atoms with Crippen molar-refractivity contribution < 1.29 is 4.74 Å². The van der Waals surface area contributed by atoms with E-state index in [1.807, 2.05) is 30.8 Å². The third-order valence-corrected chi connectivity index (χ3v) is 3.24. The fourth-order valence-corrected chi connectivity index (χ4v) is 2.31. The number of nitrogens with one attached hydrogen (secondary N) is 1. The second-order valence-electron chi connectivity index (χ2n) is 4.44. The summed E-state index contributed by atoms with van der Waals surface area (Å²) in [5.41, 5.74) is 5.79. The largest absolute Gasteiger partial charge is 0.484 e. The maximum absolute atomic E-state index is 5.79. The fraction of sp³-hybridized carbons (Fsp3) is 0.500. The lowest BCUT2D eigenvalue weighted by molar-refractivity contribution is 0.245. The number of hydrogen-bond donors (Lipinski definition) is 2. The highest BCUT2D eigenvalue weighted by atomic mass is 32.1. The summed E-state index contributed by atoms with van der Waals surface area (Å²) in [6, 6.07) is 1.92. The lowest BCUT2D eigenvalue weighted by Crippen LogP contribution is -2.10. The van der Waals surface area contributed by atoms with Crippen LogP contribution in [0.3, 0.4) is 0 Å². The molecule has 19 heavy (non-hydrogen) atoms. The van der Waals surface area contributed by atoms with E-state index in [2.05, 4.69) is 14.8 Å². The summed E-state index contributed by atoms with van der Waals surface area (Å²) in [7, 11) is 0. The molecule has 2 rings (SSSR count). The van der Waals surface area contributed by atoms with E-state index in [-0.39, 0.29) is 6.10 Å². The molecule has 0 saturated carbocycles. The molecule has 2 aromatic rings. The Labute approximate surface area is 116 Å². The van der Waals surface area contributed by atoms with Gasteiger partial charge in [0, 0.05) is 25.5 Å². The number of anilines is 2. The summed E-state index contributed by atoms with van der Waals surface area (Å²) in [5.74, 6) is 1.12.